The first-order valence-electron chi connectivity index (χ1n) is 9.22. The van der Waals surface area contributed by atoms with Crippen LogP contribution >= 0.6 is 0 Å². The Morgan fingerprint density at radius 3 is 2.42 bits per heavy atom. The summed E-state index contributed by atoms with van der Waals surface area (Å²) >= 11 is 0. The van der Waals surface area contributed by atoms with Crippen molar-refractivity contribution in [3.63, 3.8) is 0 Å². The van der Waals surface area contributed by atoms with Gasteiger partial charge < -0.3 is 15.4 Å². The van der Waals surface area contributed by atoms with Crippen LogP contribution in [0.25, 0.3) is 0 Å². The fraction of sp³-hybridized carbons (Fsp3) is 0.941. The van der Waals surface area contributed by atoms with Crippen LogP contribution in [0, 0.1) is 11.8 Å². The molecule has 2 aliphatic heterocycles. The number of nitrogens with zero attached hydrogens (tertiary/aromatic N) is 1. The SMILES string of the molecule is CCNC(=NCC1CCC(C(F)(F)F)CC1)NC1CC2CCC1O2. The second kappa shape index (κ2) is 7.50. The average Bonchev–Trinajstić information content (AvgIpc) is 3.15. The summed E-state index contributed by atoms with van der Waals surface area (Å²) in [6.45, 7) is 3.39. The van der Waals surface area contributed by atoms with E-state index in [0.717, 1.165) is 31.8 Å². The van der Waals surface area contributed by atoms with Gasteiger partial charge in [-0.05, 0) is 57.8 Å². The number of hydrogen-bond donors (Lipinski definition) is 2. The topological polar surface area (TPSA) is 45.7 Å². The zero-order chi connectivity index (χ0) is 17.2. The predicted molar refractivity (Wildman–Crippen MR) is 86.9 cm³/mol. The van der Waals surface area contributed by atoms with Crippen molar-refractivity contribution in [2.75, 3.05) is 13.1 Å². The number of rotatable bonds is 4. The maximum absolute atomic E-state index is 12.7. The lowest BCUT2D eigenvalue weighted by molar-refractivity contribution is -0.183. The number of alkyl halides is 3. The van der Waals surface area contributed by atoms with Gasteiger partial charge >= 0.3 is 6.18 Å². The molecule has 0 aromatic carbocycles. The second-order valence-corrected chi connectivity index (χ2v) is 7.34. The maximum atomic E-state index is 12.7. The highest BCUT2D eigenvalue weighted by Gasteiger charge is 2.42. The van der Waals surface area contributed by atoms with E-state index in [0.29, 0.717) is 31.5 Å². The summed E-state index contributed by atoms with van der Waals surface area (Å²) in [4.78, 5) is 4.63. The molecule has 3 atom stereocenters. The third kappa shape index (κ3) is 4.35. The van der Waals surface area contributed by atoms with Crippen LogP contribution in [0.4, 0.5) is 13.2 Å². The lowest BCUT2D eigenvalue weighted by Crippen LogP contribution is -2.47. The van der Waals surface area contributed by atoms with Crippen LogP contribution in [0.1, 0.15) is 51.9 Å². The Morgan fingerprint density at radius 1 is 1.12 bits per heavy atom. The molecule has 2 N–H and O–H groups in total. The molecule has 3 fully saturated rings. The number of nitrogens with one attached hydrogen (secondary N) is 2. The van der Waals surface area contributed by atoms with Crippen LogP contribution in [0.3, 0.4) is 0 Å². The molecule has 1 aliphatic carbocycles. The van der Waals surface area contributed by atoms with E-state index in [2.05, 4.69) is 15.6 Å². The molecule has 3 rings (SSSR count). The number of guanidine groups is 1. The van der Waals surface area contributed by atoms with E-state index in [1.54, 1.807) is 0 Å². The summed E-state index contributed by atoms with van der Waals surface area (Å²) in [6, 6.07) is 0.308. The van der Waals surface area contributed by atoms with E-state index >= 15 is 0 Å². The fourth-order valence-electron chi connectivity index (χ4n) is 4.18. The number of ether oxygens (including phenoxy) is 1. The van der Waals surface area contributed by atoms with Crippen molar-refractivity contribution in [3.05, 3.63) is 0 Å². The lowest BCUT2D eigenvalue weighted by Gasteiger charge is -2.29. The fourth-order valence-corrected chi connectivity index (χ4v) is 4.18. The molecule has 138 valence electrons. The molecule has 0 aromatic rings. The minimum atomic E-state index is -4.04. The number of halogens is 3. The largest absolute Gasteiger partial charge is 0.391 e. The highest BCUT2D eigenvalue weighted by Crippen LogP contribution is 2.39. The molecular weight excluding hydrogens is 319 g/mol. The minimum Gasteiger partial charge on any atom is -0.373 e. The van der Waals surface area contributed by atoms with Gasteiger partial charge in [0.25, 0.3) is 0 Å². The first-order chi connectivity index (χ1) is 11.5. The van der Waals surface area contributed by atoms with Crippen LogP contribution in [0.15, 0.2) is 4.99 Å². The van der Waals surface area contributed by atoms with E-state index in [1.807, 2.05) is 6.92 Å². The van der Waals surface area contributed by atoms with Gasteiger partial charge in [-0.3, -0.25) is 4.99 Å². The van der Waals surface area contributed by atoms with Gasteiger partial charge in [0.2, 0.25) is 0 Å². The summed E-state index contributed by atoms with van der Waals surface area (Å²) in [5.74, 6) is -0.0813. The summed E-state index contributed by atoms with van der Waals surface area (Å²) in [5.41, 5.74) is 0. The Morgan fingerprint density at radius 2 is 1.88 bits per heavy atom. The molecule has 3 aliphatic rings. The Labute approximate surface area is 141 Å². The van der Waals surface area contributed by atoms with E-state index in [9.17, 15) is 13.2 Å². The van der Waals surface area contributed by atoms with Crippen molar-refractivity contribution in [2.24, 2.45) is 16.8 Å². The molecule has 4 nitrogen and oxygen atoms in total. The van der Waals surface area contributed by atoms with Gasteiger partial charge in [0.15, 0.2) is 5.96 Å². The first kappa shape index (κ1) is 17.8. The Kier molecular flexibility index (Phi) is 5.57. The zero-order valence-corrected chi connectivity index (χ0v) is 14.2. The van der Waals surface area contributed by atoms with Crippen molar-refractivity contribution in [3.8, 4) is 0 Å². The number of aliphatic imine (C=N–C) groups is 1. The molecule has 3 unspecified atom stereocenters. The molecule has 1 saturated carbocycles. The minimum absolute atomic E-state index is 0.244. The van der Waals surface area contributed by atoms with Gasteiger partial charge in [-0.25, -0.2) is 0 Å². The molecule has 7 heteroatoms. The molecule has 2 bridgehead atoms. The summed E-state index contributed by atoms with van der Waals surface area (Å²) in [5, 5.41) is 6.70. The van der Waals surface area contributed by atoms with Gasteiger partial charge in [-0.15, -0.1) is 0 Å². The van der Waals surface area contributed by atoms with Crippen LogP contribution in [0.2, 0.25) is 0 Å². The van der Waals surface area contributed by atoms with Crippen LogP contribution in [0.5, 0.6) is 0 Å². The zero-order valence-electron chi connectivity index (χ0n) is 14.2. The average molecular weight is 347 g/mol. The third-order valence-electron chi connectivity index (χ3n) is 5.59. The maximum Gasteiger partial charge on any atom is 0.391 e. The third-order valence-corrected chi connectivity index (χ3v) is 5.59. The van der Waals surface area contributed by atoms with Crippen molar-refractivity contribution in [1.82, 2.24) is 10.6 Å². The Balaban J connectivity index is 1.48. The molecule has 2 heterocycles. The molecule has 0 radical (unpaired) electrons. The molecular formula is C17H28F3N3O. The van der Waals surface area contributed by atoms with Gasteiger partial charge in [0.1, 0.15) is 0 Å². The van der Waals surface area contributed by atoms with Crippen LogP contribution in [-0.4, -0.2) is 43.5 Å². The van der Waals surface area contributed by atoms with Gasteiger partial charge in [0, 0.05) is 13.1 Å². The van der Waals surface area contributed by atoms with Crippen molar-refractivity contribution >= 4 is 5.96 Å². The number of fused-ring (bicyclic) bond motifs is 2. The molecule has 24 heavy (non-hydrogen) atoms. The van der Waals surface area contributed by atoms with E-state index in [1.165, 1.54) is 0 Å². The van der Waals surface area contributed by atoms with Gasteiger partial charge in [-0.1, -0.05) is 0 Å². The van der Waals surface area contributed by atoms with E-state index in [-0.39, 0.29) is 24.9 Å². The highest BCUT2D eigenvalue weighted by atomic mass is 19.4. The van der Waals surface area contributed by atoms with Crippen molar-refractivity contribution in [1.29, 1.82) is 0 Å². The molecule has 0 spiro atoms. The summed E-state index contributed by atoms with van der Waals surface area (Å²) in [7, 11) is 0. The highest BCUT2D eigenvalue weighted by molar-refractivity contribution is 5.80. The molecule has 2 saturated heterocycles. The van der Waals surface area contributed by atoms with Crippen LogP contribution < -0.4 is 10.6 Å². The number of hydrogen-bond acceptors (Lipinski definition) is 2. The lowest BCUT2D eigenvalue weighted by atomic mass is 9.82. The predicted octanol–water partition coefficient (Wildman–Crippen LogP) is 3.23. The molecule has 0 aromatic heterocycles. The van der Waals surface area contributed by atoms with E-state index < -0.39 is 12.1 Å². The quantitative estimate of drug-likeness (QED) is 0.606. The van der Waals surface area contributed by atoms with Crippen LogP contribution in [-0.2, 0) is 4.74 Å². The second-order valence-electron chi connectivity index (χ2n) is 7.34. The first-order valence-corrected chi connectivity index (χ1v) is 9.22. The smallest absolute Gasteiger partial charge is 0.373 e. The Bertz CT molecular complexity index is 447. The molecule has 0 amide bonds. The normalized spacial score (nSPS) is 36.8. The monoisotopic (exact) mass is 347 g/mol. The van der Waals surface area contributed by atoms with Crippen molar-refractivity contribution < 1.29 is 17.9 Å². The summed E-state index contributed by atoms with van der Waals surface area (Å²) < 4.78 is 44.0. The standard InChI is InChI=1S/C17H28F3N3O/c1-2-21-16(23-14-9-13-7-8-15(14)24-13)22-10-11-3-5-12(6-4-11)17(18,19)20/h11-15H,2-10H2,1H3,(H2,21,22,23). The summed E-state index contributed by atoms with van der Waals surface area (Å²) in [6.07, 6.45) is 1.62. The van der Waals surface area contributed by atoms with E-state index in [4.69, 9.17) is 4.74 Å². The Hall–Kier alpha value is -0.980. The van der Waals surface area contributed by atoms with Crippen molar-refractivity contribution in [2.45, 2.75) is 76.3 Å². The van der Waals surface area contributed by atoms with Gasteiger partial charge in [-0.2, -0.15) is 13.2 Å². The van der Waals surface area contributed by atoms with Gasteiger partial charge in [0.05, 0.1) is 24.2 Å².